The zero-order valence-corrected chi connectivity index (χ0v) is 10.6. The van der Waals surface area contributed by atoms with Crippen molar-refractivity contribution in [1.82, 2.24) is 14.3 Å². The van der Waals surface area contributed by atoms with Crippen molar-refractivity contribution in [3.05, 3.63) is 36.3 Å². The summed E-state index contributed by atoms with van der Waals surface area (Å²) in [6, 6.07) is 5.46. The smallest absolute Gasteiger partial charge is 0.323 e. The molecule has 0 unspecified atom stereocenters. The first-order valence-electron chi connectivity index (χ1n) is 6.06. The highest BCUT2D eigenvalue weighted by molar-refractivity contribution is 5.94. The number of carboxylic acids is 1. The lowest BCUT2D eigenvalue weighted by atomic mass is 10.3. The van der Waals surface area contributed by atoms with Gasteiger partial charge in [0.2, 0.25) is 0 Å². The Hall–Kier alpha value is -2.37. The number of hydrogen-bond donors (Lipinski definition) is 1. The predicted molar refractivity (Wildman–Crippen MR) is 69.0 cm³/mol. The molecule has 6 nitrogen and oxygen atoms in total. The van der Waals surface area contributed by atoms with E-state index in [0.717, 1.165) is 0 Å². The fourth-order valence-electron chi connectivity index (χ4n) is 1.89. The third kappa shape index (κ3) is 2.90. The summed E-state index contributed by atoms with van der Waals surface area (Å²) in [5.74, 6) is -1.38. The Labute approximate surface area is 110 Å². The number of nitrogens with zero attached hydrogens (tertiary/aromatic N) is 3. The zero-order valence-electron chi connectivity index (χ0n) is 10.6. The molecular weight excluding hydrogens is 246 g/mol. The zero-order chi connectivity index (χ0) is 13.8. The maximum absolute atomic E-state index is 12.2. The SMILES string of the molecule is CCCN(CC(=O)O)C(=O)c1cn2ccccc2n1. The number of pyridine rings is 1. The summed E-state index contributed by atoms with van der Waals surface area (Å²) in [5, 5.41) is 8.83. The lowest BCUT2D eigenvalue weighted by Crippen LogP contribution is -2.36. The number of amides is 1. The number of carboxylic acid groups (broad SMARTS) is 1. The normalized spacial score (nSPS) is 10.6. The van der Waals surface area contributed by atoms with Crippen LogP contribution in [0.1, 0.15) is 23.8 Å². The first kappa shape index (κ1) is 13.1. The first-order chi connectivity index (χ1) is 9.11. The van der Waals surface area contributed by atoms with Crippen molar-refractivity contribution in [2.75, 3.05) is 13.1 Å². The number of aliphatic carboxylic acids is 1. The molecule has 1 amide bonds. The van der Waals surface area contributed by atoms with E-state index in [1.807, 2.05) is 19.1 Å². The fourth-order valence-corrected chi connectivity index (χ4v) is 1.89. The second-order valence-electron chi connectivity index (χ2n) is 4.21. The summed E-state index contributed by atoms with van der Waals surface area (Å²) in [6.45, 7) is 1.99. The van der Waals surface area contributed by atoms with Crippen molar-refractivity contribution in [1.29, 1.82) is 0 Å². The first-order valence-corrected chi connectivity index (χ1v) is 6.06. The van der Waals surface area contributed by atoms with Crippen LogP contribution in [-0.4, -0.2) is 44.4 Å². The summed E-state index contributed by atoms with van der Waals surface area (Å²) >= 11 is 0. The van der Waals surface area contributed by atoms with Crippen molar-refractivity contribution < 1.29 is 14.7 Å². The number of carbonyl (C=O) groups excluding carboxylic acids is 1. The van der Waals surface area contributed by atoms with Crippen molar-refractivity contribution >= 4 is 17.5 Å². The van der Waals surface area contributed by atoms with E-state index in [2.05, 4.69) is 4.98 Å². The number of rotatable bonds is 5. The van der Waals surface area contributed by atoms with Crippen LogP contribution in [0, 0.1) is 0 Å². The summed E-state index contributed by atoms with van der Waals surface area (Å²) in [5.41, 5.74) is 0.929. The van der Waals surface area contributed by atoms with Gasteiger partial charge in [0.1, 0.15) is 17.9 Å². The third-order valence-corrected chi connectivity index (χ3v) is 2.69. The highest BCUT2D eigenvalue weighted by Gasteiger charge is 2.20. The second kappa shape index (κ2) is 5.51. The molecule has 2 aromatic rings. The molecule has 2 heterocycles. The molecule has 1 N–H and O–H groups in total. The van der Waals surface area contributed by atoms with Gasteiger partial charge in [-0.15, -0.1) is 0 Å². The molecule has 0 saturated heterocycles. The van der Waals surface area contributed by atoms with Crippen molar-refractivity contribution in [3.63, 3.8) is 0 Å². The van der Waals surface area contributed by atoms with E-state index in [9.17, 15) is 9.59 Å². The molecule has 2 rings (SSSR count). The van der Waals surface area contributed by atoms with Gasteiger partial charge in [0.05, 0.1) is 0 Å². The Balaban J connectivity index is 2.27. The topological polar surface area (TPSA) is 74.9 Å². The van der Waals surface area contributed by atoms with Crippen LogP contribution in [0.5, 0.6) is 0 Å². The Kier molecular flexibility index (Phi) is 3.79. The van der Waals surface area contributed by atoms with E-state index in [1.54, 1.807) is 22.9 Å². The van der Waals surface area contributed by atoms with Crippen molar-refractivity contribution in [2.45, 2.75) is 13.3 Å². The van der Waals surface area contributed by atoms with Gasteiger partial charge in [0.15, 0.2) is 0 Å². The van der Waals surface area contributed by atoms with E-state index >= 15 is 0 Å². The summed E-state index contributed by atoms with van der Waals surface area (Å²) in [7, 11) is 0. The van der Waals surface area contributed by atoms with Crippen LogP contribution >= 0.6 is 0 Å². The van der Waals surface area contributed by atoms with Gasteiger partial charge < -0.3 is 14.4 Å². The minimum atomic E-state index is -1.02. The number of fused-ring (bicyclic) bond motifs is 1. The number of aromatic nitrogens is 2. The summed E-state index contributed by atoms with van der Waals surface area (Å²) in [4.78, 5) is 28.5. The highest BCUT2D eigenvalue weighted by Crippen LogP contribution is 2.08. The lowest BCUT2D eigenvalue weighted by Gasteiger charge is -2.18. The fraction of sp³-hybridized carbons (Fsp3) is 0.308. The molecule has 0 aromatic carbocycles. The predicted octanol–water partition coefficient (Wildman–Crippen LogP) is 1.27. The molecule has 6 heteroatoms. The molecule has 19 heavy (non-hydrogen) atoms. The number of imidazole rings is 1. The monoisotopic (exact) mass is 261 g/mol. The van der Waals surface area contributed by atoms with Gasteiger partial charge >= 0.3 is 5.97 Å². The summed E-state index contributed by atoms with van der Waals surface area (Å²) in [6.07, 6.45) is 4.11. The van der Waals surface area contributed by atoms with E-state index in [1.165, 1.54) is 4.90 Å². The molecule has 0 saturated carbocycles. The van der Waals surface area contributed by atoms with E-state index in [0.29, 0.717) is 18.6 Å². The van der Waals surface area contributed by atoms with Crippen LogP contribution in [-0.2, 0) is 4.79 Å². The van der Waals surface area contributed by atoms with Crippen LogP contribution in [0.15, 0.2) is 30.6 Å². The number of carbonyl (C=O) groups is 2. The van der Waals surface area contributed by atoms with Crippen LogP contribution in [0.25, 0.3) is 5.65 Å². The molecule has 0 atom stereocenters. The standard InChI is InChI=1S/C13H15N3O3/c1-2-6-16(9-12(17)18)13(19)10-8-15-7-4-3-5-11(15)14-10/h3-5,7-8H,2,6,9H2,1H3,(H,17,18). The van der Waals surface area contributed by atoms with Crippen molar-refractivity contribution in [3.8, 4) is 0 Å². The van der Waals surface area contributed by atoms with Gasteiger partial charge in [-0.05, 0) is 18.6 Å². The molecule has 0 aliphatic rings. The quantitative estimate of drug-likeness (QED) is 0.879. The lowest BCUT2D eigenvalue weighted by molar-refractivity contribution is -0.137. The number of hydrogen-bond acceptors (Lipinski definition) is 3. The molecule has 0 fully saturated rings. The van der Waals surface area contributed by atoms with E-state index in [-0.39, 0.29) is 18.1 Å². The molecule has 0 spiro atoms. The van der Waals surface area contributed by atoms with Crippen LogP contribution in [0.4, 0.5) is 0 Å². The maximum atomic E-state index is 12.2. The highest BCUT2D eigenvalue weighted by atomic mass is 16.4. The van der Waals surface area contributed by atoms with Gasteiger partial charge in [-0.2, -0.15) is 0 Å². The molecular formula is C13H15N3O3. The summed E-state index contributed by atoms with van der Waals surface area (Å²) < 4.78 is 1.73. The van der Waals surface area contributed by atoms with Crippen molar-refractivity contribution in [2.24, 2.45) is 0 Å². The van der Waals surface area contributed by atoms with Gasteiger partial charge in [0.25, 0.3) is 5.91 Å². The minimum absolute atomic E-state index is 0.265. The minimum Gasteiger partial charge on any atom is -0.480 e. The molecule has 0 aliphatic heterocycles. The average Bonchev–Trinajstić information content (AvgIpc) is 2.80. The molecule has 0 aliphatic carbocycles. The van der Waals surface area contributed by atoms with Gasteiger partial charge in [-0.25, -0.2) is 4.98 Å². The maximum Gasteiger partial charge on any atom is 0.323 e. The molecule has 100 valence electrons. The van der Waals surface area contributed by atoms with Gasteiger partial charge in [0, 0.05) is 18.9 Å². The van der Waals surface area contributed by atoms with E-state index in [4.69, 9.17) is 5.11 Å². The van der Waals surface area contributed by atoms with E-state index < -0.39 is 5.97 Å². The van der Waals surface area contributed by atoms with Crippen LogP contribution in [0.2, 0.25) is 0 Å². The van der Waals surface area contributed by atoms with Crippen LogP contribution < -0.4 is 0 Å². The van der Waals surface area contributed by atoms with Crippen LogP contribution in [0.3, 0.4) is 0 Å². The largest absolute Gasteiger partial charge is 0.480 e. The molecule has 0 radical (unpaired) electrons. The second-order valence-corrected chi connectivity index (χ2v) is 4.21. The Morgan fingerprint density at radius 1 is 1.42 bits per heavy atom. The molecule has 0 bridgehead atoms. The van der Waals surface area contributed by atoms with Gasteiger partial charge in [-0.3, -0.25) is 9.59 Å². The average molecular weight is 261 g/mol. The molecule has 2 aromatic heterocycles. The Morgan fingerprint density at radius 2 is 2.21 bits per heavy atom. The Morgan fingerprint density at radius 3 is 2.84 bits per heavy atom. The Bertz CT molecular complexity index is 573. The van der Waals surface area contributed by atoms with Gasteiger partial charge in [-0.1, -0.05) is 13.0 Å². The third-order valence-electron chi connectivity index (χ3n) is 2.69.